The lowest BCUT2D eigenvalue weighted by Gasteiger charge is -2.19. The highest BCUT2D eigenvalue weighted by molar-refractivity contribution is 6.29. The molecule has 0 amide bonds. The predicted octanol–water partition coefficient (Wildman–Crippen LogP) is 3.28. The van der Waals surface area contributed by atoms with E-state index in [9.17, 15) is 9.59 Å². The molecule has 0 saturated heterocycles. The van der Waals surface area contributed by atoms with Gasteiger partial charge in [-0.25, -0.2) is 9.97 Å². The largest absolute Gasteiger partial charge is 0.377 e. The van der Waals surface area contributed by atoms with E-state index in [2.05, 4.69) is 15.3 Å². The van der Waals surface area contributed by atoms with Crippen molar-refractivity contribution in [3.05, 3.63) is 62.9 Å². The number of hydrogen-bond acceptors (Lipinski definition) is 5. The summed E-state index contributed by atoms with van der Waals surface area (Å²) in [5.41, 5.74) is 3.20. The van der Waals surface area contributed by atoms with Crippen LogP contribution in [-0.4, -0.2) is 20.8 Å². The number of halogens is 1. The number of anilines is 1. The zero-order valence-electron chi connectivity index (χ0n) is 14.1. The monoisotopic (exact) mass is 356 g/mol. The van der Waals surface area contributed by atoms with Gasteiger partial charge in [0, 0.05) is 12.6 Å². The zero-order chi connectivity index (χ0) is 18.1. The van der Waals surface area contributed by atoms with Gasteiger partial charge in [-0.15, -0.1) is 0 Å². The third kappa shape index (κ3) is 3.25. The normalized spacial score (nSPS) is 12.2. The first kappa shape index (κ1) is 17.1. The van der Waals surface area contributed by atoms with E-state index in [1.165, 1.54) is 10.9 Å². The van der Waals surface area contributed by atoms with Crippen molar-refractivity contribution in [3.8, 4) is 0 Å². The van der Waals surface area contributed by atoms with Crippen molar-refractivity contribution < 1.29 is 4.79 Å². The third-order valence-corrected chi connectivity index (χ3v) is 4.25. The van der Waals surface area contributed by atoms with Crippen molar-refractivity contribution in [1.29, 1.82) is 0 Å². The maximum Gasteiger partial charge on any atom is 0.260 e. The second-order valence-electron chi connectivity index (χ2n) is 5.96. The van der Waals surface area contributed by atoms with Gasteiger partial charge < -0.3 is 9.88 Å². The number of aryl methyl sites for hydroxylation is 2. The second kappa shape index (κ2) is 6.64. The number of pyridine rings is 1. The minimum Gasteiger partial charge on any atom is -0.377 e. The minimum absolute atomic E-state index is 0.0936. The average molecular weight is 357 g/mol. The minimum atomic E-state index is -0.191. The lowest BCUT2D eigenvalue weighted by Crippen LogP contribution is -2.19. The lowest BCUT2D eigenvalue weighted by atomic mass is 10.0. The Balaban J connectivity index is 2.09. The van der Waals surface area contributed by atoms with Crippen LogP contribution in [0.25, 0.3) is 10.9 Å². The van der Waals surface area contributed by atoms with Crippen LogP contribution in [0, 0.1) is 6.92 Å². The Morgan fingerprint density at radius 1 is 1.32 bits per heavy atom. The summed E-state index contributed by atoms with van der Waals surface area (Å²) in [6.07, 6.45) is 2.17. The Bertz CT molecular complexity index is 1030. The Kier molecular flexibility index (Phi) is 4.55. The molecule has 0 aliphatic heterocycles. The van der Waals surface area contributed by atoms with Crippen molar-refractivity contribution in [2.75, 3.05) is 5.32 Å². The van der Waals surface area contributed by atoms with Crippen molar-refractivity contribution in [3.63, 3.8) is 0 Å². The van der Waals surface area contributed by atoms with E-state index >= 15 is 0 Å². The van der Waals surface area contributed by atoms with Crippen molar-refractivity contribution in [2.24, 2.45) is 7.05 Å². The van der Waals surface area contributed by atoms with Gasteiger partial charge in [0.05, 0.1) is 29.0 Å². The first-order chi connectivity index (χ1) is 11.9. The Hall–Kier alpha value is -2.73. The van der Waals surface area contributed by atoms with Crippen LogP contribution in [0.1, 0.15) is 34.6 Å². The van der Waals surface area contributed by atoms with Crippen LogP contribution < -0.4 is 10.9 Å². The summed E-state index contributed by atoms with van der Waals surface area (Å²) in [6, 6.07) is 6.95. The fraction of sp³-hybridized carbons (Fsp3) is 0.222. The average Bonchev–Trinajstić information content (AvgIpc) is 2.59. The maximum atomic E-state index is 12.4. The molecule has 0 aliphatic rings. The Morgan fingerprint density at radius 2 is 2.08 bits per heavy atom. The molecule has 0 saturated carbocycles. The summed E-state index contributed by atoms with van der Waals surface area (Å²) in [4.78, 5) is 32.0. The first-order valence-electron chi connectivity index (χ1n) is 7.75. The van der Waals surface area contributed by atoms with E-state index in [1.807, 2.05) is 26.0 Å². The number of aldehydes is 1. The first-order valence-corrected chi connectivity index (χ1v) is 8.12. The number of rotatable bonds is 4. The zero-order valence-corrected chi connectivity index (χ0v) is 14.8. The number of benzene rings is 1. The second-order valence-corrected chi connectivity index (χ2v) is 6.35. The van der Waals surface area contributed by atoms with Crippen LogP contribution in [0.5, 0.6) is 0 Å². The standard InChI is InChI=1S/C18H17ClN4O2/c1-10-6-12(17-13(7-10)18(25)23(3)9-20-17)11(2)21-14-4-5-16(19)22-15(14)8-24/h4-9,11,21H,1-3H3. The van der Waals surface area contributed by atoms with Gasteiger partial charge in [0.25, 0.3) is 5.56 Å². The summed E-state index contributed by atoms with van der Waals surface area (Å²) in [5.74, 6) is 0. The van der Waals surface area contributed by atoms with Gasteiger partial charge >= 0.3 is 0 Å². The van der Waals surface area contributed by atoms with E-state index in [0.29, 0.717) is 22.9 Å². The van der Waals surface area contributed by atoms with E-state index in [1.54, 1.807) is 19.2 Å². The third-order valence-electron chi connectivity index (χ3n) is 4.04. The summed E-state index contributed by atoms with van der Waals surface area (Å²) < 4.78 is 1.46. The molecule has 7 heteroatoms. The van der Waals surface area contributed by atoms with Gasteiger partial charge in [0.2, 0.25) is 0 Å². The van der Waals surface area contributed by atoms with E-state index in [0.717, 1.165) is 11.1 Å². The van der Waals surface area contributed by atoms with Crippen molar-refractivity contribution in [2.45, 2.75) is 19.9 Å². The molecule has 3 rings (SSSR count). The molecule has 1 N–H and O–H groups in total. The summed E-state index contributed by atoms with van der Waals surface area (Å²) in [7, 11) is 1.67. The number of fused-ring (bicyclic) bond motifs is 1. The van der Waals surface area contributed by atoms with Crippen LogP contribution in [0.4, 0.5) is 5.69 Å². The predicted molar refractivity (Wildman–Crippen MR) is 98.4 cm³/mol. The van der Waals surface area contributed by atoms with Gasteiger partial charge in [-0.05, 0) is 37.6 Å². The molecule has 1 aromatic carbocycles. The molecule has 1 unspecified atom stereocenters. The fourth-order valence-corrected chi connectivity index (χ4v) is 2.96. The quantitative estimate of drug-likeness (QED) is 0.573. The van der Waals surface area contributed by atoms with Crippen LogP contribution in [0.3, 0.4) is 0 Å². The van der Waals surface area contributed by atoms with Crippen LogP contribution in [0.15, 0.2) is 35.4 Å². The van der Waals surface area contributed by atoms with Gasteiger partial charge in [-0.3, -0.25) is 9.59 Å². The molecule has 25 heavy (non-hydrogen) atoms. The molecule has 0 aliphatic carbocycles. The van der Waals surface area contributed by atoms with E-state index < -0.39 is 0 Å². The van der Waals surface area contributed by atoms with Crippen molar-refractivity contribution >= 4 is 34.5 Å². The number of carbonyl (C=O) groups excluding carboxylic acids is 1. The fourth-order valence-electron chi connectivity index (χ4n) is 2.80. The molecule has 128 valence electrons. The Labute approximate surface area is 149 Å². The van der Waals surface area contributed by atoms with Crippen LogP contribution >= 0.6 is 11.6 Å². The molecular weight excluding hydrogens is 340 g/mol. The topological polar surface area (TPSA) is 76.9 Å². The molecule has 0 fully saturated rings. The Morgan fingerprint density at radius 3 is 2.80 bits per heavy atom. The van der Waals surface area contributed by atoms with Gasteiger partial charge in [0.1, 0.15) is 10.8 Å². The van der Waals surface area contributed by atoms with Gasteiger partial charge in [0.15, 0.2) is 6.29 Å². The smallest absolute Gasteiger partial charge is 0.260 e. The highest BCUT2D eigenvalue weighted by atomic mass is 35.5. The molecule has 1 atom stereocenters. The molecule has 0 spiro atoms. The SMILES string of the molecule is Cc1cc(C(C)Nc2ccc(Cl)nc2C=O)c2ncn(C)c(=O)c2c1. The van der Waals surface area contributed by atoms with Crippen LogP contribution in [-0.2, 0) is 7.05 Å². The van der Waals surface area contributed by atoms with Gasteiger partial charge in [-0.1, -0.05) is 17.7 Å². The van der Waals surface area contributed by atoms with Crippen molar-refractivity contribution in [1.82, 2.24) is 14.5 Å². The summed E-state index contributed by atoms with van der Waals surface area (Å²) >= 11 is 5.84. The molecule has 6 nitrogen and oxygen atoms in total. The van der Waals surface area contributed by atoms with E-state index in [4.69, 9.17) is 11.6 Å². The molecule has 2 heterocycles. The number of aromatic nitrogens is 3. The highest BCUT2D eigenvalue weighted by Gasteiger charge is 2.15. The number of carbonyl (C=O) groups is 1. The number of nitrogens with one attached hydrogen (secondary N) is 1. The highest BCUT2D eigenvalue weighted by Crippen LogP contribution is 2.27. The molecule has 0 radical (unpaired) electrons. The molecule has 0 bridgehead atoms. The molecule has 3 aromatic rings. The number of nitrogens with zero attached hydrogens (tertiary/aromatic N) is 3. The maximum absolute atomic E-state index is 12.4. The molecular formula is C18H17ClN4O2. The van der Waals surface area contributed by atoms with Crippen LogP contribution in [0.2, 0.25) is 5.15 Å². The lowest BCUT2D eigenvalue weighted by molar-refractivity contribution is 0.112. The molecule has 2 aromatic heterocycles. The number of hydrogen-bond donors (Lipinski definition) is 1. The summed E-state index contributed by atoms with van der Waals surface area (Å²) in [6.45, 7) is 3.87. The van der Waals surface area contributed by atoms with Gasteiger partial charge in [-0.2, -0.15) is 0 Å². The summed E-state index contributed by atoms with van der Waals surface area (Å²) in [5, 5.41) is 4.08. The van der Waals surface area contributed by atoms with E-state index in [-0.39, 0.29) is 22.4 Å².